The number of aryl methyl sites for hydroxylation is 1. The predicted molar refractivity (Wildman–Crippen MR) is 119 cm³/mol. The highest BCUT2D eigenvalue weighted by molar-refractivity contribution is 6.00. The Morgan fingerprint density at radius 2 is 2.07 bits per heavy atom. The number of amides is 1. The average Bonchev–Trinajstić information content (AvgIpc) is 3.12. The second-order valence-electron chi connectivity index (χ2n) is 8.03. The predicted octanol–water partition coefficient (Wildman–Crippen LogP) is 3.68. The summed E-state index contributed by atoms with van der Waals surface area (Å²) in [7, 11) is 0. The zero-order valence-corrected chi connectivity index (χ0v) is 17.5. The monoisotopic (exact) mass is 393 g/mol. The molecule has 1 amide bonds. The number of aromatic amines is 1. The van der Waals surface area contributed by atoms with Crippen molar-refractivity contribution in [2.24, 2.45) is 4.99 Å². The lowest BCUT2D eigenvalue weighted by Gasteiger charge is -2.37. The van der Waals surface area contributed by atoms with E-state index in [4.69, 9.17) is 0 Å². The SMILES string of the molecule is C=CN=C(c1cc[nH]c1C)N1CCCC(NC(=O)C(C)(C)Nc2ccccc2)C1. The third-order valence-corrected chi connectivity index (χ3v) is 5.26. The fourth-order valence-corrected chi connectivity index (χ4v) is 3.70. The highest BCUT2D eigenvalue weighted by atomic mass is 16.2. The maximum absolute atomic E-state index is 13.0. The molecule has 2 heterocycles. The summed E-state index contributed by atoms with van der Waals surface area (Å²) >= 11 is 0. The lowest BCUT2D eigenvalue weighted by molar-refractivity contribution is -0.125. The minimum atomic E-state index is -0.709. The number of nitrogens with zero attached hydrogens (tertiary/aromatic N) is 2. The largest absolute Gasteiger partial charge is 0.372 e. The second-order valence-corrected chi connectivity index (χ2v) is 8.03. The van der Waals surface area contributed by atoms with Crippen molar-refractivity contribution < 1.29 is 4.79 Å². The Bertz CT molecular complexity index is 868. The van der Waals surface area contributed by atoms with E-state index in [9.17, 15) is 4.79 Å². The van der Waals surface area contributed by atoms with Gasteiger partial charge in [-0.15, -0.1) is 0 Å². The quantitative estimate of drug-likeness (QED) is 0.518. The molecule has 1 aliphatic rings. The Labute approximate surface area is 173 Å². The summed E-state index contributed by atoms with van der Waals surface area (Å²) in [6.07, 6.45) is 5.45. The minimum absolute atomic E-state index is 0.00626. The Balaban J connectivity index is 1.67. The molecule has 2 aromatic rings. The van der Waals surface area contributed by atoms with E-state index in [0.717, 1.165) is 48.7 Å². The van der Waals surface area contributed by atoms with Gasteiger partial charge in [-0.3, -0.25) is 4.79 Å². The number of benzene rings is 1. The number of H-pyrrole nitrogens is 1. The average molecular weight is 394 g/mol. The van der Waals surface area contributed by atoms with Crippen molar-refractivity contribution in [1.29, 1.82) is 0 Å². The van der Waals surface area contributed by atoms with Crippen LogP contribution in [-0.4, -0.2) is 46.3 Å². The number of rotatable bonds is 6. The molecule has 1 aliphatic heterocycles. The molecule has 0 spiro atoms. The van der Waals surface area contributed by atoms with Gasteiger partial charge in [0.05, 0.1) is 0 Å². The highest BCUT2D eigenvalue weighted by Gasteiger charge is 2.31. The van der Waals surface area contributed by atoms with Gasteiger partial charge in [0.1, 0.15) is 11.4 Å². The van der Waals surface area contributed by atoms with Crippen LogP contribution in [0.2, 0.25) is 0 Å². The zero-order valence-electron chi connectivity index (χ0n) is 17.5. The van der Waals surface area contributed by atoms with Crippen molar-refractivity contribution in [3.63, 3.8) is 0 Å². The molecule has 154 valence electrons. The number of anilines is 1. The fraction of sp³-hybridized carbons (Fsp3) is 0.391. The Morgan fingerprint density at radius 1 is 1.31 bits per heavy atom. The van der Waals surface area contributed by atoms with Crippen LogP contribution in [0.3, 0.4) is 0 Å². The Hall–Kier alpha value is -3.02. The van der Waals surface area contributed by atoms with E-state index in [0.29, 0.717) is 0 Å². The molecular weight excluding hydrogens is 362 g/mol. The van der Waals surface area contributed by atoms with Crippen molar-refractivity contribution in [3.8, 4) is 0 Å². The minimum Gasteiger partial charge on any atom is -0.372 e. The van der Waals surface area contributed by atoms with Crippen molar-refractivity contribution in [3.05, 3.63) is 66.6 Å². The third kappa shape index (κ3) is 5.08. The molecular formula is C23H31N5O. The molecule has 3 N–H and O–H groups in total. The van der Waals surface area contributed by atoms with Crippen molar-refractivity contribution in [1.82, 2.24) is 15.2 Å². The Kier molecular flexibility index (Phi) is 6.42. The van der Waals surface area contributed by atoms with Crippen LogP contribution in [-0.2, 0) is 4.79 Å². The number of hydrogen-bond acceptors (Lipinski definition) is 3. The topological polar surface area (TPSA) is 72.5 Å². The summed E-state index contributed by atoms with van der Waals surface area (Å²) < 4.78 is 0. The van der Waals surface area contributed by atoms with E-state index >= 15 is 0 Å². The lowest BCUT2D eigenvalue weighted by atomic mass is 10.00. The molecule has 1 aromatic heterocycles. The molecule has 3 rings (SSSR count). The van der Waals surface area contributed by atoms with Crippen molar-refractivity contribution in [2.45, 2.75) is 45.2 Å². The van der Waals surface area contributed by atoms with Crippen LogP contribution in [0.1, 0.15) is 37.9 Å². The number of piperidine rings is 1. The first kappa shape index (κ1) is 20.7. The highest BCUT2D eigenvalue weighted by Crippen LogP contribution is 2.19. The number of aromatic nitrogens is 1. The summed E-state index contributed by atoms with van der Waals surface area (Å²) in [6, 6.07) is 11.9. The molecule has 0 bridgehead atoms. The molecule has 6 nitrogen and oxygen atoms in total. The molecule has 0 radical (unpaired) electrons. The van der Waals surface area contributed by atoms with Crippen LogP contribution in [0.4, 0.5) is 5.69 Å². The van der Waals surface area contributed by atoms with E-state index < -0.39 is 5.54 Å². The number of nitrogens with one attached hydrogen (secondary N) is 3. The number of carbonyl (C=O) groups is 1. The van der Waals surface area contributed by atoms with Gasteiger partial charge in [-0.1, -0.05) is 24.8 Å². The first-order valence-electron chi connectivity index (χ1n) is 10.1. The molecule has 29 heavy (non-hydrogen) atoms. The first-order valence-corrected chi connectivity index (χ1v) is 10.1. The van der Waals surface area contributed by atoms with E-state index in [-0.39, 0.29) is 11.9 Å². The standard InChI is InChI=1S/C23H31N5O/c1-5-24-21(20-13-14-25-17(20)2)28-15-9-12-19(16-28)26-22(29)23(3,4)27-18-10-7-6-8-11-18/h5-8,10-11,13-14,19,25,27H,1,9,12,15-16H2,2-4H3,(H,26,29). The molecule has 1 fully saturated rings. The van der Waals surface area contributed by atoms with Gasteiger partial charge in [-0.05, 0) is 51.8 Å². The zero-order chi connectivity index (χ0) is 20.9. The maximum Gasteiger partial charge on any atom is 0.245 e. The van der Waals surface area contributed by atoms with Gasteiger partial charge in [0.25, 0.3) is 0 Å². The first-order chi connectivity index (χ1) is 13.9. The normalized spacial score (nSPS) is 17.7. The van der Waals surface area contributed by atoms with Crippen molar-refractivity contribution in [2.75, 3.05) is 18.4 Å². The fourth-order valence-electron chi connectivity index (χ4n) is 3.70. The van der Waals surface area contributed by atoms with Crippen molar-refractivity contribution >= 4 is 17.4 Å². The van der Waals surface area contributed by atoms with Gasteiger partial charge in [0, 0.05) is 48.5 Å². The van der Waals surface area contributed by atoms with Gasteiger partial charge in [0.2, 0.25) is 5.91 Å². The summed E-state index contributed by atoms with van der Waals surface area (Å²) in [5.74, 6) is 0.896. The Morgan fingerprint density at radius 3 is 2.72 bits per heavy atom. The number of para-hydroxylation sites is 1. The summed E-state index contributed by atoms with van der Waals surface area (Å²) in [4.78, 5) is 23.0. The summed E-state index contributed by atoms with van der Waals surface area (Å²) in [5.41, 5.74) is 2.37. The van der Waals surface area contributed by atoms with Crippen LogP contribution in [0.15, 0.2) is 60.4 Å². The van der Waals surface area contributed by atoms with Gasteiger partial charge in [-0.25, -0.2) is 4.99 Å². The summed E-state index contributed by atoms with van der Waals surface area (Å²) in [6.45, 7) is 11.3. The maximum atomic E-state index is 13.0. The molecule has 1 unspecified atom stereocenters. The number of amidine groups is 1. The number of carbonyl (C=O) groups excluding carboxylic acids is 1. The molecule has 0 saturated carbocycles. The van der Waals surface area contributed by atoms with Crippen LogP contribution < -0.4 is 10.6 Å². The molecule has 1 saturated heterocycles. The van der Waals surface area contributed by atoms with Gasteiger partial charge in [-0.2, -0.15) is 0 Å². The molecule has 0 aliphatic carbocycles. The molecule has 1 aromatic carbocycles. The second kappa shape index (κ2) is 8.99. The van der Waals surface area contributed by atoms with Crippen LogP contribution in [0, 0.1) is 6.92 Å². The van der Waals surface area contributed by atoms with E-state index in [2.05, 4.69) is 32.1 Å². The smallest absolute Gasteiger partial charge is 0.245 e. The van der Waals surface area contributed by atoms with Crippen LogP contribution >= 0.6 is 0 Å². The van der Waals surface area contributed by atoms with Gasteiger partial charge in [0.15, 0.2) is 0 Å². The van der Waals surface area contributed by atoms with E-state index in [1.807, 2.05) is 63.4 Å². The molecule has 6 heteroatoms. The van der Waals surface area contributed by atoms with E-state index in [1.165, 1.54) is 0 Å². The summed E-state index contributed by atoms with van der Waals surface area (Å²) in [5, 5.41) is 6.56. The van der Waals surface area contributed by atoms with E-state index in [1.54, 1.807) is 6.20 Å². The number of hydrogen-bond donors (Lipinski definition) is 3. The lowest BCUT2D eigenvalue weighted by Crippen LogP contribution is -2.56. The van der Waals surface area contributed by atoms with Crippen LogP contribution in [0.25, 0.3) is 0 Å². The number of aliphatic imine (C=N–C) groups is 1. The van der Waals surface area contributed by atoms with Gasteiger partial charge >= 0.3 is 0 Å². The third-order valence-electron chi connectivity index (χ3n) is 5.26. The number of likely N-dealkylation sites (tertiary alicyclic amines) is 1. The molecule has 1 atom stereocenters. The van der Waals surface area contributed by atoms with Gasteiger partial charge < -0.3 is 20.5 Å². The van der Waals surface area contributed by atoms with Crippen LogP contribution in [0.5, 0.6) is 0 Å².